The third-order valence-corrected chi connectivity index (χ3v) is 5.83. The third-order valence-electron chi connectivity index (χ3n) is 5.55. The molecule has 2 aliphatic rings. The summed E-state index contributed by atoms with van der Waals surface area (Å²) in [7, 11) is 3.09. The lowest BCUT2D eigenvalue weighted by molar-refractivity contribution is -0.0280. The normalized spacial score (nSPS) is 20.6. The van der Waals surface area contributed by atoms with Crippen LogP contribution in [0.1, 0.15) is 44.0 Å². The number of fused-ring (bicyclic) bond motifs is 1. The van der Waals surface area contributed by atoms with Crippen LogP contribution in [0, 0.1) is 5.92 Å². The molecular formula is C23H33ClN2O7. The highest BCUT2D eigenvalue weighted by molar-refractivity contribution is 6.33. The fourth-order valence-corrected chi connectivity index (χ4v) is 4.18. The van der Waals surface area contributed by atoms with E-state index in [4.69, 9.17) is 35.3 Å². The van der Waals surface area contributed by atoms with E-state index in [2.05, 4.69) is 5.32 Å². The molecule has 0 aliphatic carbocycles. The van der Waals surface area contributed by atoms with Crippen molar-refractivity contribution in [3.63, 3.8) is 0 Å². The number of ether oxygens (including phenoxy) is 5. The van der Waals surface area contributed by atoms with Crippen LogP contribution in [0.4, 0.5) is 4.79 Å². The van der Waals surface area contributed by atoms with E-state index in [0.717, 1.165) is 0 Å². The monoisotopic (exact) mass is 484 g/mol. The van der Waals surface area contributed by atoms with Gasteiger partial charge in [-0.3, -0.25) is 4.79 Å². The largest absolute Gasteiger partial charge is 0.491 e. The second-order valence-electron chi connectivity index (χ2n) is 9.11. The summed E-state index contributed by atoms with van der Waals surface area (Å²) in [4.78, 5) is 27.1. The Labute approximate surface area is 199 Å². The van der Waals surface area contributed by atoms with E-state index in [1.807, 2.05) is 20.8 Å². The molecule has 1 aromatic rings. The van der Waals surface area contributed by atoms with E-state index < -0.39 is 5.60 Å². The Morgan fingerprint density at radius 2 is 1.91 bits per heavy atom. The van der Waals surface area contributed by atoms with Crippen molar-refractivity contribution >= 4 is 23.6 Å². The van der Waals surface area contributed by atoms with Crippen molar-refractivity contribution < 1.29 is 33.3 Å². The standard InChI is InChI=1S/C23H33ClN2O7/c1-23(2,3)33-22(28)26-8-7-14(17(13-26)29-4)12-25-21(27)15-11-16(24)19(30-5)20-18(15)31-9-6-10-32-20/h11,14,17H,6-10,12-13H2,1-5H3,(H,25,27)/t14-,17+/m0/s1. The maximum Gasteiger partial charge on any atom is 0.410 e. The van der Waals surface area contributed by atoms with Crippen molar-refractivity contribution in [3.05, 3.63) is 16.7 Å². The predicted molar refractivity (Wildman–Crippen MR) is 123 cm³/mol. The van der Waals surface area contributed by atoms with Crippen molar-refractivity contribution in [1.82, 2.24) is 10.2 Å². The number of nitrogens with one attached hydrogen (secondary N) is 1. The van der Waals surface area contributed by atoms with E-state index in [1.165, 1.54) is 13.2 Å². The molecule has 10 heteroatoms. The Morgan fingerprint density at radius 1 is 1.21 bits per heavy atom. The van der Waals surface area contributed by atoms with Gasteiger partial charge in [-0.1, -0.05) is 11.6 Å². The zero-order valence-corrected chi connectivity index (χ0v) is 20.6. The molecule has 0 radical (unpaired) electrons. The van der Waals surface area contributed by atoms with Crippen molar-refractivity contribution in [3.8, 4) is 17.2 Å². The quantitative estimate of drug-likeness (QED) is 0.683. The number of amides is 2. The van der Waals surface area contributed by atoms with Gasteiger partial charge < -0.3 is 33.9 Å². The number of hydrogen-bond donors (Lipinski definition) is 1. The van der Waals surface area contributed by atoms with E-state index in [1.54, 1.807) is 12.0 Å². The molecule has 1 saturated heterocycles. The number of benzene rings is 1. The number of carbonyl (C=O) groups excluding carboxylic acids is 2. The van der Waals surface area contributed by atoms with Gasteiger partial charge in [0.15, 0.2) is 11.5 Å². The summed E-state index contributed by atoms with van der Waals surface area (Å²) in [5.74, 6) is 0.717. The van der Waals surface area contributed by atoms with Crippen LogP contribution in [-0.2, 0) is 9.47 Å². The van der Waals surface area contributed by atoms with E-state index in [9.17, 15) is 9.59 Å². The molecule has 2 heterocycles. The summed E-state index contributed by atoms with van der Waals surface area (Å²) in [6.45, 7) is 7.66. The van der Waals surface area contributed by atoms with Crippen LogP contribution in [0.25, 0.3) is 0 Å². The Bertz CT molecular complexity index is 871. The SMILES string of the molecule is COc1c(Cl)cc(C(=O)NC[C@@H]2CCN(C(=O)OC(C)(C)C)C[C@H]2OC)c2c1OCCCO2. The maximum atomic E-state index is 13.1. The molecule has 1 aromatic carbocycles. The van der Waals surface area contributed by atoms with Crippen molar-refractivity contribution in [2.75, 3.05) is 47.1 Å². The van der Waals surface area contributed by atoms with Gasteiger partial charge in [-0.05, 0) is 33.3 Å². The van der Waals surface area contributed by atoms with Crippen LogP contribution in [0.2, 0.25) is 5.02 Å². The smallest absolute Gasteiger partial charge is 0.410 e. The molecule has 2 atom stereocenters. The molecule has 0 saturated carbocycles. The molecule has 184 valence electrons. The highest BCUT2D eigenvalue weighted by Gasteiger charge is 2.34. The number of carbonyl (C=O) groups is 2. The van der Waals surface area contributed by atoms with Gasteiger partial charge in [0.1, 0.15) is 5.60 Å². The average Bonchev–Trinajstić information content (AvgIpc) is 3.01. The molecule has 1 N–H and O–H groups in total. The molecule has 1 fully saturated rings. The summed E-state index contributed by atoms with van der Waals surface area (Å²) in [5.41, 5.74) is -0.272. The number of piperidine rings is 1. The van der Waals surface area contributed by atoms with Gasteiger partial charge in [-0.2, -0.15) is 0 Å². The Morgan fingerprint density at radius 3 is 2.55 bits per heavy atom. The van der Waals surface area contributed by atoms with Gasteiger partial charge in [-0.25, -0.2) is 4.79 Å². The van der Waals surface area contributed by atoms with Crippen molar-refractivity contribution in [2.24, 2.45) is 5.92 Å². The van der Waals surface area contributed by atoms with Crippen LogP contribution in [-0.4, -0.2) is 75.7 Å². The zero-order chi connectivity index (χ0) is 24.2. The Hall–Kier alpha value is -2.39. The molecule has 3 rings (SSSR count). The van der Waals surface area contributed by atoms with Gasteiger partial charge >= 0.3 is 6.09 Å². The summed E-state index contributed by atoms with van der Waals surface area (Å²) >= 11 is 6.34. The first kappa shape index (κ1) is 25.2. The summed E-state index contributed by atoms with van der Waals surface area (Å²) < 4.78 is 28.0. The number of hydrogen-bond acceptors (Lipinski definition) is 7. The molecule has 33 heavy (non-hydrogen) atoms. The number of methoxy groups -OCH3 is 2. The fourth-order valence-electron chi connectivity index (χ4n) is 3.91. The molecule has 0 bridgehead atoms. The number of rotatable bonds is 5. The topological polar surface area (TPSA) is 95.6 Å². The average molecular weight is 485 g/mol. The van der Waals surface area contributed by atoms with Gasteiger partial charge in [-0.15, -0.1) is 0 Å². The van der Waals surface area contributed by atoms with Gasteiger partial charge in [0.25, 0.3) is 5.91 Å². The van der Waals surface area contributed by atoms with Crippen LogP contribution >= 0.6 is 11.6 Å². The van der Waals surface area contributed by atoms with Crippen LogP contribution in [0.3, 0.4) is 0 Å². The molecule has 0 unspecified atom stereocenters. The van der Waals surface area contributed by atoms with Gasteiger partial charge in [0, 0.05) is 32.5 Å². The highest BCUT2D eigenvalue weighted by Crippen LogP contribution is 2.46. The lowest BCUT2D eigenvalue weighted by Gasteiger charge is -2.38. The minimum absolute atomic E-state index is 0.0297. The Balaban J connectivity index is 1.67. The molecule has 0 spiro atoms. The molecule has 2 amide bonds. The second kappa shape index (κ2) is 10.7. The lowest BCUT2D eigenvalue weighted by Crippen LogP contribution is -2.51. The number of likely N-dealkylation sites (tertiary alicyclic amines) is 1. The van der Waals surface area contributed by atoms with E-state index in [-0.39, 0.29) is 34.6 Å². The minimum atomic E-state index is -0.562. The first-order chi connectivity index (χ1) is 15.6. The van der Waals surface area contributed by atoms with Gasteiger partial charge in [0.2, 0.25) is 5.75 Å². The molecule has 0 aromatic heterocycles. The minimum Gasteiger partial charge on any atom is -0.491 e. The Kier molecular flexibility index (Phi) is 8.18. The first-order valence-corrected chi connectivity index (χ1v) is 11.5. The summed E-state index contributed by atoms with van der Waals surface area (Å²) in [5, 5.41) is 3.23. The predicted octanol–water partition coefficient (Wildman–Crippen LogP) is 3.51. The van der Waals surface area contributed by atoms with Crippen molar-refractivity contribution in [2.45, 2.75) is 45.3 Å². The fraction of sp³-hybridized carbons (Fsp3) is 0.652. The highest BCUT2D eigenvalue weighted by atomic mass is 35.5. The summed E-state index contributed by atoms with van der Waals surface area (Å²) in [6, 6.07) is 1.53. The molecule has 9 nitrogen and oxygen atoms in total. The first-order valence-electron chi connectivity index (χ1n) is 11.1. The van der Waals surface area contributed by atoms with Crippen LogP contribution in [0.15, 0.2) is 6.07 Å². The maximum absolute atomic E-state index is 13.1. The lowest BCUT2D eigenvalue weighted by atomic mass is 9.93. The van der Waals surface area contributed by atoms with Crippen LogP contribution < -0.4 is 19.5 Å². The summed E-state index contributed by atoms with van der Waals surface area (Å²) in [6.07, 6.45) is 0.754. The number of halogens is 1. The molecular weight excluding hydrogens is 452 g/mol. The van der Waals surface area contributed by atoms with E-state index in [0.29, 0.717) is 62.9 Å². The van der Waals surface area contributed by atoms with Crippen LogP contribution in [0.5, 0.6) is 17.2 Å². The molecule has 2 aliphatic heterocycles. The van der Waals surface area contributed by atoms with Crippen molar-refractivity contribution in [1.29, 1.82) is 0 Å². The van der Waals surface area contributed by atoms with E-state index >= 15 is 0 Å². The number of nitrogens with zero attached hydrogens (tertiary/aromatic N) is 1. The van der Waals surface area contributed by atoms with Gasteiger partial charge in [0.05, 0.1) is 43.6 Å². The third kappa shape index (κ3) is 6.14. The second-order valence-corrected chi connectivity index (χ2v) is 9.51. The zero-order valence-electron chi connectivity index (χ0n) is 19.9.